The highest BCUT2D eigenvalue weighted by molar-refractivity contribution is 7.18. The molecular formula is C8H6N4O2S. The van der Waals surface area contributed by atoms with Crippen LogP contribution in [0.1, 0.15) is 0 Å². The summed E-state index contributed by atoms with van der Waals surface area (Å²) in [5, 5.41) is 17.8. The molecule has 0 aliphatic heterocycles. The molecule has 6 nitrogen and oxygen atoms in total. The van der Waals surface area contributed by atoms with E-state index in [-0.39, 0.29) is 5.13 Å². The van der Waals surface area contributed by atoms with Crippen molar-refractivity contribution in [2.24, 2.45) is 0 Å². The summed E-state index contributed by atoms with van der Waals surface area (Å²) in [7, 11) is 0. The van der Waals surface area contributed by atoms with Crippen LogP contribution in [0.2, 0.25) is 0 Å². The molecule has 1 N–H and O–H groups in total. The highest BCUT2D eigenvalue weighted by Crippen LogP contribution is 2.25. The standard InChI is InChI=1S/C8H6N4O2S/c13-12(14)11-8-10-9-7(15-8)6-4-2-1-3-5-6/h1-5H,(H,10,11). The van der Waals surface area contributed by atoms with Gasteiger partial charge in [0.2, 0.25) is 0 Å². The van der Waals surface area contributed by atoms with Gasteiger partial charge in [-0.15, -0.1) is 10.2 Å². The molecule has 0 radical (unpaired) electrons. The monoisotopic (exact) mass is 222 g/mol. The van der Waals surface area contributed by atoms with Crippen molar-refractivity contribution >= 4 is 16.5 Å². The second-order valence-corrected chi connectivity index (χ2v) is 3.62. The number of aromatic nitrogens is 2. The van der Waals surface area contributed by atoms with Crippen LogP contribution in [0.5, 0.6) is 0 Å². The van der Waals surface area contributed by atoms with Crippen LogP contribution >= 0.6 is 11.3 Å². The third kappa shape index (κ3) is 2.26. The van der Waals surface area contributed by atoms with E-state index in [2.05, 4.69) is 10.2 Å². The Morgan fingerprint density at radius 3 is 2.67 bits per heavy atom. The molecule has 0 saturated carbocycles. The molecule has 0 fully saturated rings. The molecule has 1 aromatic heterocycles. The van der Waals surface area contributed by atoms with E-state index in [0.717, 1.165) is 16.9 Å². The number of anilines is 1. The van der Waals surface area contributed by atoms with Gasteiger partial charge in [0.15, 0.2) is 5.03 Å². The molecule has 0 saturated heterocycles. The summed E-state index contributed by atoms with van der Waals surface area (Å²) in [5.41, 5.74) is 2.86. The molecule has 1 aromatic carbocycles. The predicted molar refractivity (Wildman–Crippen MR) is 56.0 cm³/mol. The van der Waals surface area contributed by atoms with Crippen LogP contribution in [-0.2, 0) is 0 Å². The zero-order chi connectivity index (χ0) is 10.7. The lowest BCUT2D eigenvalue weighted by Gasteiger charge is -1.91. The Bertz CT molecular complexity index is 471. The van der Waals surface area contributed by atoms with E-state index < -0.39 is 5.03 Å². The van der Waals surface area contributed by atoms with Gasteiger partial charge in [-0.25, -0.2) is 10.1 Å². The lowest BCUT2D eigenvalue weighted by atomic mass is 10.2. The molecule has 2 aromatic rings. The zero-order valence-corrected chi connectivity index (χ0v) is 8.27. The fourth-order valence-electron chi connectivity index (χ4n) is 1.04. The molecule has 0 aliphatic carbocycles. The second-order valence-electron chi connectivity index (χ2n) is 2.65. The van der Waals surface area contributed by atoms with Gasteiger partial charge in [-0.2, -0.15) is 0 Å². The number of benzene rings is 1. The fourth-order valence-corrected chi connectivity index (χ4v) is 1.76. The molecular weight excluding hydrogens is 216 g/mol. The lowest BCUT2D eigenvalue weighted by Crippen LogP contribution is -2.06. The third-order valence-corrected chi connectivity index (χ3v) is 2.51. The van der Waals surface area contributed by atoms with E-state index in [1.165, 1.54) is 0 Å². The van der Waals surface area contributed by atoms with Gasteiger partial charge in [0.05, 0.1) is 0 Å². The van der Waals surface area contributed by atoms with Crippen molar-refractivity contribution in [1.82, 2.24) is 10.2 Å². The van der Waals surface area contributed by atoms with Crippen molar-refractivity contribution in [1.29, 1.82) is 0 Å². The SMILES string of the molecule is O=[N+]([O-])Nc1nnc(-c2ccccc2)s1. The minimum absolute atomic E-state index is 0.179. The van der Waals surface area contributed by atoms with Crippen LogP contribution in [0.25, 0.3) is 10.6 Å². The molecule has 0 atom stereocenters. The first-order chi connectivity index (χ1) is 7.25. The summed E-state index contributed by atoms with van der Waals surface area (Å²) in [5.74, 6) is 0. The second kappa shape index (κ2) is 4.01. The Labute approximate surface area is 88.7 Å². The van der Waals surface area contributed by atoms with Gasteiger partial charge in [-0.05, 0) is 0 Å². The Hall–Kier alpha value is -2.02. The summed E-state index contributed by atoms with van der Waals surface area (Å²) in [6.45, 7) is 0. The van der Waals surface area contributed by atoms with Crippen LogP contribution in [0.15, 0.2) is 30.3 Å². The summed E-state index contributed by atoms with van der Waals surface area (Å²) in [4.78, 5) is 10.1. The van der Waals surface area contributed by atoms with Crippen LogP contribution in [-0.4, -0.2) is 15.2 Å². The molecule has 0 unspecified atom stereocenters. The topological polar surface area (TPSA) is 81.0 Å². The zero-order valence-electron chi connectivity index (χ0n) is 7.45. The Morgan fingerprint density at radius 2 is 2.00 bits per heavy atom. The highest BCUT2D eigenvalue weighted by Gasteiger charge is 2.08. The molecule has 0 aliphatic rings. The number of hydrogen-bond donors (Lipinski definition) is 1. The van der Waals surface area contributed by atoms with Crippen LogP contribution in [0.4, 0.5) is 5.13 Å². The average Bonchev–Trinajstić information content (AvgIpc) is 2.67. The van der Waals surface area contributed by atoms with Crippen LogP contribution < -0.4 is 5.43 Å². The minimum atomic E-state index is -0.657. The van der Waals surface area contributed by atoms with Crippen molar-refractivity contribution < 1.29 is 5.03 Å². The van der Waals surface area contributed by atoms with E-state index in [4.69, 9.17) is 0 Å². The highest BCUT2D eigenvalue weighted by atomic mass is 32.1. The van der Waals surface area contributed by atoms with Crippen molar-refractivity contribution in [3.05, 3.63) is 40.4 Å². The van der Waals surface area contributed by atoms with Crippen LogP contribution in [0.3, 0.4) is 0 Å². The van der Waals surface area contributed by atoms with E-state index in [1.54, 1.807) is 0 Å². The van der Waals surface area contributed by atoms with Crippen molar-refractivity contribution in [2.75, 3.05) is 5.43 Å². The van der Waals surface area contributed by atoms with Crippen LogP contribution in [0, 0.1) is 10.1 Å². The summed E-state index contributed by atoms with van der Waals surface area (Å²) >= 11 is 1.14. The lowest BCUT2D eigenvalue weighted by molar-refractivity contribution is -0.445. The maximum atomic E-state index is 10.1. The predicted octanol–water partition coefficient (Wildman–Crippen LogP) is 1.81. The van der Waals surface area contributed by atoms with Gasteiger partial charge in [0.1, 0.15) is 5.01 Å². The van der Waals surface area contributed by atoms with Crippen molar-refractivity contribution in [3.8, 4) is 10.6 Å². The number of rotatable bonds is 3. The van der Waals surface area contributed by atoms with E-state index in [0.29, 0.717) is 5.01 Å². The fraction of sp³-hybridized carbons (Fsp3) is 0. The molecule has 0 bridgehead atoms. The number of hydrazine groups is 1. The Morgan fingerprint density at radius 1 is 1.27 bits per heavy atom. The average molecular weight is 222 g/mol. The molecule has 0 amide bonds. The maximum Gasteiger partial charge on any atom is 0.267 e. The minimum Gasteiger partial charge on any atom is -0.234 e. The molecule has 7 heteroatoms. The number of hydrogen-bond acceptors (Lipinski definition) is 5. The van der Waals surface area contributed by atoms with Gasteiger partial charge in [-0.3, -0.25) is 0 Å². The van der Waals surface area contributed by atoms with Gasteiger partial charge >= 0.3 is 0 Å². The van der Waals surface area contributed by atoms with Gasteiger partial charge in [-0.1, -0.05) is 47.1 Å². The van der Waals surface area contributed by atoms with Crippen molar-refractivity contribution in [2.45, 2.75) is 0 Å². The Balaban J connectivity index is 2.24. The first kappa shape index (κ1) is 9.53. The smallest absolute Gasteiger partial charge is 0.234 e. The quantitative estimate of drug-likeness (QED) is 0.632. The third-order valence-electron chi connectivity index (χ3n) is 1.63. The molecule has 2 rings (SSSR count). The Kier molecular flexibility index (Phi) is 2.55. The first-order valence-electron chi connectivity index (χ1n) is 4.05. The summed E-state index contributed by atoms with van der Waals surface area (Å²) in [6, 6.07) is 9.38. The maximum absolute atomic E-state index is 10.1. The van der Waals surface area contributed by atoms with Gasteiger partial charge in [0, 0.05) is 5.56 Å². The van der Waals surface area contributed by atoms with E-state index >= 15 is 0 Å². The summed E-state index contributed by atoms with van der Waals surface area (Å²) < 4.78 is 0. The normalized spacial score (nSPS) is 9.87. The summed E-state index contributed by atoms with van der Waals surface area (Å²) in [6.07, 6.45) is 0. The molecule has 0 spiro atoms. The number of nitro groups is 1. The van der Waals surface area contributed by atoms with Crippen molar-refractivity contribution in [3.63, 3.8) is 0 Å². The molecule has 15 heavy (non-hydrogen) atoms. The first-order valence-corrected chi connectivity index (χ1v) is 4.87. The number of nitrogens with one attached hydrogen (secondary N) is 1. The van der Waals surface area contributed by atoms with Gasteiger partial charge in [0.25, 0.3) is 5.13 Å². The largest absolute Gasteiger partial charge is 0.267 e. The number of nitrogens with zero attached hydrogens (tertiary/aromatic N) is 3. The van der Waals surface area contributed by atoms with E-state index in [1.807, 2.05) is 35.8 Å². The van der Waals surface area contributed by atoms with Gasteiger partial charge < -0.3 is 0 Å². The molecule has 76 valence electrons. The van der Waals surface area contributed by atoms with E-state index in [9.17, 15) is 10.1 Å². The molecule has 1 heterocycles.